The minimum atomic E-state index is -0.120. The summed E-state index contributed by atoms with van der Waals surface area (Å²) in [6.45, 7) is 6.05. The Labute approximate surface area is 89.5 Å². The maximum atomic E-state index is 11.2. The number of hydrogen-bond acceptors (Lipinski definition) is 2. The van der Waals surface area contributed by atoms with Crippen molar-refractivity contribution in [1.82, 2.24) is 5.32 Å². The lowest BCUT2D eigenvalue weighted by atomic mass is 10.3. The highest BCUT2D eigenvalue weighted by atomic mass is 16.3. The summed E-state index contributed by atoms with van der Waals surface area (Å²) in [6, 6.07) is 3.68. The fourth-order valence-electron chi connectivity index (χ4n) is 1.06. The van der Waals surface area contributed by atoms with E-state index in [1.807, 2.05) is 19.1 Å². The van der Waals surface area contributed by atoms with Gasteiger partial charge in [-0.2, -0.15) is 0 Å². The second-order valence-corrected chi connectivity index (χ2v) is 3.15. The van der Waals surface area contributed by atoms with Crippen LogP contribution in [0.5, 0.6) is 0 Å². The Morgan fingerprint density at radius 1 is 1.60 bits per heavy atom. The van der Waals surface area contributed by atoms with E-state index in [0.717, 1.165) is 12.2 Å². The standard InChI is InChI=1S/C12H15NO2/c1-3-4-9-13-12(14)8-7-11-6-5-10(2)15-11/h3,5-8H,1,4,9H2,2H3,(H,13,14)/b8-7+. The van der Waals surface area contributed by atoms with Gasteiger partial charge < -0.3 is 9.73 Å². The third-order valence-corrected chi connectivity index (χ3v) is 1.81. The summed E-state index contributed by atoms with van der Waals surface area (Å²) in [7, 11) is 0. The Morgan fingerprint density at radius 2 is 2.40 bits per heavy atom. The first kappa shape index (κ1) is 11.3. The van der Waals surface area contributed by atoms with Gasteiger partial charge in [0.15, 0.2) is 0 Å². The topological polar surface area (TPSA) is 42.2 Å². The van der Waals surface area contributed by atoms with Crippen LogP contribution in [0.2, 0.25) is 0 Å². The van der Waals surface area contributed by atoms with Crippen LogP contribution in [-0.2, 0) is 4.79 Å². The lowest BCUT2D eigenvalue weighted by Gasteiger charge is -1.96. The number of rotatable bonds is 5. The molecule has 1 N–H and O–H groups in total. The summed E-state index contributed by atoms with van der Waals surface area (Å²) in [6.07, 6.45) is 5.65. The zero-order valence-electron chi connectivity index (χ0n) is 8.82. The second kappa shape index (κ2) is 5.86. The highest BCUT2D eigenvalue weighted by Gasteiger charge is 1.95. The van der Waals surface area contributed by atoms with Gasteiger partial charge in [0.1, 0.15) is 11.5 Å². The monoisotopic (exact) mass is 205 g/mol. The summed E-state index contributed by atoms with van der Waals surface area (Å²) in [5.41, 5.74) is 0. The quantitative estimate of drug-likeness (QED) is 0.455. The van der Waals surface area contributed by atoms with Crippen LogP contribution >= 0.6 is 0 Å². The number of aryl methyl sites for hydroxylation is 1. The Morgan fingerprint density at radius 3 is 3.00 bits per heavy atom. The van der Waals surface area contributed by atoms with Gasteiger partial charge in [-0.05, 0) is 31.6 Å². The minimum Gasteiger partial charge on any atom is -0.462 e. The minimum absolute atomic E-state index is 0.120. The molecule has 0 unspecified atom stereocenters. The van der Waals surface area contributed by atoms with Crippen molar-refractivity contribution >= 4 is 12.0 Å². The molecule has 0 aliphatic rings. The van der Waals surface area contributed by atoms with Gasteiger partial charge in [-0.3, -0.25) is 4.79 Å². The molecule has 0 saturated heterocycles. The predicted molar refractivity (Wildman–Crippen MR) is 60.3 cm³/mol. The van der Waals surface area contributed by atoms with Gasteiger partial charge >= 0.3 is 0 Å². The largest absolute Gasteiger partial charge is 0.462 e. The molecular formula is C12H15NO2. The molecule has 1 amide bonds. The van der Waals surface area contributed by atoms with E-state index in [1.54, 1.807) is 12.2 Å². The van der Waals surface area contributed by atoms with E-state index in [9.17, 15) is 4.79 Å². The SMILES string of the molecule is C=CCCNC(=O)/C=C/c1ccc(C)o1. The van der Waals surface area contributed by atoms with Crippen LogP contribution in [0.3, 0.4) is 0 Å². The lowest BCUT2D eigenvalue weighted by Crippen LogP contribution is -2.21. The summed E-state index contributed by atoms with van der Waals surface area (Å²) in [4.78, 5) is 11.2. The smallest absolute Gasteiger partial charge is 0.244 e. The first-order chi connectivity index (χ1) is 7.22. The van der Waals surface area contributed by atoms with Gasteiger partial charge in [0.25, 0.3) is 0 Å². The molecule has 0 aliphatic heterocycles. The van der Waals surface area contributed by atoms with Crippen LogP contribution < -0.4 is 5.32 Å². The molecule has 1 aromatic rings. The number of amides is 1. The average Bonchev–Trinajstić information content (AvgIpc) is 2.62. The Bertz CT molecular complexity index is 363. The molecule has 80 valence electrons. The van der Waals surface area contributed by atoms with Crippen molar-refractivity contribution in [2.45, 2.75) is 13.3 Å². The van der Waals surface area contributed by atoms with E-state index in [-0.39, 0.29) is 5.91 Å². The second-order valence-electron chi connectivity index (χ2n) is 3.15. The van der Waals surface area contributed by atoms with Crippen molar-refractivity contribution in [2.75, 3.05) is 6.54 Å². The summed E-state index contributed by atoms with van der Waals surface area (Å²) in [5.74, 6) is 1.40. The Hall–Kier alpha value is -1.77. The Balaban J connectivity index is 2.37. The number of carbonyl (C=O) groups excluding carboxylic acids is 1. The molecule has 3 heteroatoms. The first-order valence-corrected chi connectivity index (χ1v) is 4.85. The van der Waals surface area contributed by atoms with Crippen molar-refractivity contribution in [1.29, 1.82) is 0 Å². The molecule has 0 bridgehead atoms. The van der Waals surface area contributed by atoms with Gasteiger partial charge in [-0.25, -0.2) is 0 Å². The van der Waals surface area contributed by atoms with Crippen LogP contribution in [-0.4, -0.2) is 12.5 Å². The number of nitrogens with one attached hydrogen (secondary N) is 1. The molecule has 1 rings (SSSR count). The summed E-state index contributed by atoms with van der Waals surface area (Å²) in [5, 5.41) is 2.72. The summed E-state index contributed by atoms with van der Waals surface area (Å²) >= 11 is 0. The Kier molecular flexibility index (Phi) is 4.41. The van der Waals surface area contributed by atoms with Crippen molar-refractivity contribution in [3.63, 3.8) is 0 Å². The molecule has 1 heterocycles. The summed E-state index contributed by atoms with van der Waals surface area (Å²) < 4.78 is 5.28. The van der Waals surface area contributed by atoms with E-state index in [0.29, 0.717) is 12.3 Å². The zero-order valence-corrected chi connectivity index (χ0v) is 8.82. The van der Waals surface area contributed by atoms with Gasteiger partial charge in [0.2, 0.25) is 5.91 Å². The first-order valence-electron chi connectivity index (χ1n) is 4.85. The lowest BCUT2D eigenvalue weighted by molar-refractivity contribution is -0.116. The van der Waals surface area contributed by atoms with E-state index in [4.69, 9.17) is 4.42 Å². The van der Waals surface area contributed by atoms with Gasteiger partial charge in [0.05, 0.1) is 0 Å². The molecule has 0 fully saturated rings. The van der Waals surface area contributed by atoms with Crippen molar-refractivity contribution in [2.24, 2.45) is 0 Å². The molecule has 0 spiro atoms. The van der Waals surface area contributed by atoms with Crippen LogP contribution in [0.1, 0.15) is 17.9 Å². The molecule has 0 aliphatic carbocycles. The van der Waals surface area contributed by atoms with E-state index in [1.165, 1.54) is 6.08 Å². The molecule has 0 radical (unpaired) electrons. The van der Waals surface area contributed by atoms with Crippen molar-refractivity contribution in [3.8, 4) is 0 Å². The normalized spacial score (nSPS) is 10.5. The fourth-order valence-corrected chi connectivity index (χ4v) is 1.06. The van der Waals surface area contributed by atoms with Crippen LogP contribution in [0.25, 0.3) is 6.08 Å². The molecule has 1 aromatic heterocycles. The third-order valence-electron chi connectivity index (χ3n) is 1.81. The molecule has 15 heavy (non-hydrogen) atoms. The number of furan rings is 1. The maximum absolute atomic E-state index is 11.2. The molecule has 3 nitrogen and oxygen atoms in total. The van der Waals surface area contributed by atoms with Crippen LogP contribution in [0, 0.1) is 6.92 Å². The van der Waals surface area contributed by atoms with Gasteiger partial charge in [0, 0.05) is 12.6 Å². The molecule has 0 saturated carbocycles. The highest BCUT2D eigenvalue weighted by Crippen LogP contribution is 2.07. The van der Waals surface area contributed by atoms with Gasteiger partial charge in [-0.1, -0.05) is 6.08 Å². The molecule has 0 atom stereocenters. The highest BCUT2D eigenvalue weighted by molar-refractivity contribution is 5.91. The van der Waals surface area contributed by atoms with Crippen LogP contribution in [0.4, 0.5) is 0 Å². The third kappa shape index (κ3) is 4.31. The zero-order chi connectivity index (χ0) is 11.1. The number of hydrogen-bond donors (Lipinski definition) is 1. The predicted octanol–water partition coefficient (Wildman–Crippen LogP) is 2.29. The van der Waals surface area contributed by atoms with Crippen molar-refractivity contribution in [3.05, 3.63) is 42.4 Å². The molecule has 0 aromatic carbocycles. The molecular weight excluding hydrogens is 190 g/mol. The van der Waals surface area contributed by atoms with Crippen molar-refractivity contribution < 1.29 is 9.21 Å². The van der Waals surface area contributed by atoms with Crippen LogP contribution in [0.15, 0.2) is 35.3 Å². The average molecular weight is 205 g/mol. The maximum Gasteiger partial charge on any atom is 0.244 e. The van der Waals surface area contributed by atoms with E-state index < -0.39 is 0 Å². The van der Waals surface area contributed by atoms with E-state index >= 15 is 0 Å². The van der Waals surface area contributed by atoms with Gasteiger partial charge in [-0.15, -0.1) is 6.58 Å². The fraction of sp³-hybridized carbons (Fsp3) is 0.250. The number of carbonyl (C=O) groups is 1. The van der Waals surface area contributed by atoms with E-state index in [2.05, 4.69) is 11.9 Å².